The summed E-state index contributed by atoms with van der Waals surface area (Å²) in [5.74, 6) is 0. The van der Waals surface area contributed by atoms with E-state index in [0.717, 1.165) is 32.0 Å². The lowest BCUT2D eigenvalue weighted by atomic mass is 10.2. The van der Waals surface area contributed by atoms with Gasteiger partial charge in [0.2, 0.25) is 0 Å². The fraction of sp³-hybridized carbons (Fsp3) is 0.583. The van der Waals surface area contributed by atoms with Crippen LogP contribution in [0, 0.1) is 0 Å². The first-order chi connectivity index (χ1) is 7.76. The van der Waals surface area contributed by atoms with E-state index in [1.54, 1.807) is 0 Å². The van der Waals surface area contributed by atoms with Crippen LogP contribution in [0.2, 0.25) is 0 Å². The summed E-state index contributed by atoms with van der Waals surface area (Å²) in [6, 6.07) is 4.08. The Hall–Kier alpha value is -0.970. The van der Waals surface area contributed by atoms with Gasteiger partial charge in [0.1, 0.15) is 0 Å². The summed E-state index contributed by atoms with van der Waals surface area (Å²) < 4.78 is 5.31. The van der Waals surface area contributed by atoms with E-state index in [1.807, 2.05) is 19.2 Å². The molecule has 4 nitrogen and oxygen atoms in total. The van der Waals surface area contributed by atoms with Gasteiger partial charge >= 0.3 is 0 Å². The van der Waals surface area contributed by atoms with E-state index in [1.165, 1.54) is 5.56 Å². The molecule has 2 N–H and O–H groups in total. The van der Waals surface area contributed by atoms with E-state index in [0.29, 0.717) is 6.54 Å². The molecule has 0 bridgehead atoms. The SMILES string of the molecule is CCOCCN(C)Cc1ccnc(CN)c1. The first-order valence-electron chi connectivity index (χ1n) is 5.66. The Morgan fingerprint density at radius 1 is 1.50 bits per heavy atom. The van der Waals surface area contributed by atoms with E-state index in [-0.39, 0.29) is 0 Å². The van der Waals surface area contributed by atoms with Gasteiger partial charge in [-0.2, -0.15) is 0 Å². The molecule has 0 amide bonds. The van der Waals surface area contributed by atoms with Crippen molar-refractivity contribution >= 4 is 0 Å². The van der Waals surface area contributed by atoms with Crippen LogP contribution in [0.15, 0.2) is 18.3 Å². The molecule has 0 unspecified atom stereocenters. The van der Waals surface area contributed by atoms with Crippen molar-refractivity contribution in [3.8, 4) is 0 Å². The highest BCUT2D eigenvalue weighted by Gasteiger charge is 2.01. The summed E-state index contributed by atoms with van der Waals surface area (Å²) in [6.45, 7) is 5.91. The summed E-state index contributed by atoms with van der Waals surface area (Å²) in [5, 5.41) is 0. The molecule has 16 heavy (non-hydrogen) atoms. The Morgan fingerprint density at radius 3 is 3.00 bits per heavy atom. The Labute approximate surface area is 97.4 Å². The Morgan fingerprint density at radius 2 is 2.31 bits per heavy atom. The van der Waals surface area contributed by atoms with Gasteiger partial charge in [0, 0.05) is 32.4 Å². The average molecular weight is 223 g/mol. The molecule has 1 aromatic rings. The van der Waals surface area contributed by atoms with E-state index in [9.17, 15) is 0 Å². The number of pyridine rings is 1. The molecule has 0 atom stereocenters. The van der Waals surface area contributed by atoms with E-state index in [4.69, 9.17) is 10.5 Å². The van der Waals surface area contributed by atoms with Crippen molar-refractivity contribution in [2.45, 2.75) is 20.0 Å². The van der Waals surface area contributed by atoms with Gasteiger partial charge in [-0.25, -0.2) is 0 Å². The van der Waals surface area contributed by atoms with E-state index < -0.39 is 0 Å². The molecule has 1 aromatic heterocycles. The van der Waals surface area contributed by atoms with Gasteiger partial charge in [-0.3, -0.25) is 9.88 Å². The topological polar surface area (TPSA) is 51.4 Å². The van der Waals surface area contributed by atoms with Gasteiger partial charge in [-0.05, 0) is 31.7 Å². The normalized spacial score (nSPS) is 11.0. The predicted molar refractivity (Wildman–Crippen MR) is 65.0 cm³/mol. The van der Waals surface area contributed by atoms with Crippen molar-refractivity contribution < 1.29 is 4.74 Å². The molecule has 0 aliphatic carbocycles. The minimum Gasteiger partial charge on any atom is -0.380 e. The molecule has 0 saturated heterocycles. The standard InChI is InChI=1S/C12H21N3O/c1-3-16-7-6-15(2)10-11-4-5-14-12(8-11)9-13/h4-5,8H,3,6-7,9-10,13H2,1-2H3. The van der Waals surface area contributed by atoms with Crippen molar-refractivity contribution in [2.24, 2.45) is 5.73 Å². The van der Waals surface area contributed by atoms with Gasteiger partial charge in [-0.15, -0.1) is 0 Å². The van der Waals surface area contributed by atoms with Crippen LogP contribution in [0.4, 0.5) is 0 Å². The van der Waals surface area contributed by atoms with Gasteiger partial charge in [-0.1, -0.05) is 0 Å². The van der Waals surface area contributed by atoms with Crippen LogP contribution in [-0.2, 0) is 17.8 Å². The van der Waals surface area contributed by atoms with Crippen molar-refractivity contribution in [1.82, 2.24) is 9.88 Å². The summed E-state index contributed by atoms with van der Waals surface area (Å²) in [7, 11) is 2.08. The van der Waals surface area contributed by atoms with Crippen LogP contribution in [0.5, 0.6) is 0 Å². The number of aromatic nitrogens is 1. The fourth-order valence-corrected chi connectivity index (χ4v) is 1.49. The largest absolute Gasteiger partial charge is 0.380 e. The van der Waals surface area contributed by atoms with Gasteiger partial charge in [0.15, 0.2) is 0 Å². The third-order valence-corrected chi connectivity index (χ3v) is 2.36. The highest BCUT2D eigenvalue weighted by molar-refractivity contribution is 5.16. The molecule has 0 spiro atoms. The average Bonchev–Trinajstić information content (AvgIpc) is 2.29. The van der Waals surface area contributed by atoms with Crippen LogP contribution < -0.4 is 5.73 Å². The lowest BCUT2D eigenvalue weighted by Crippen LogP contribution is -2.23. The fourth-order valence-electron chi connectivity index (χ4n) is 1.49. The molecular formula is C12H21N3O. The molecule has 0 aliphatic heterocycles. The zero-order valence-corrected chi connectivity index (χ0v) is 10.1. The van der Waals surface area contributed by atoms with Crippen LogP contribution in [0.1, 0.15) is 18.2 Å². The Kier molecular flexibility index (Phi) is 6.00. The molecule has 0 fully saturated rings. The van der Waals surface area contributed by atoms with Gasteiger partial charge < -0.3 is 10.5 Å². The minimum absolute atomic E-state index is 0.497. The number of hydrogen-bond acceptors (Lipinski definition) is 4. The number of ether oxygens (including phenoxy) is 1. The molecular weight excluding hydrogens is 202 g/mol. The number of rotatable bonds is 7. The monoisotopic (exact) mass is 223 g/mol. The van der Waals surface area contributed by atoms with Crippen molar-refractivity contribution in [2.75, 3.05) is 26.8 Å². The maximum absolute atomic E-state index is 5.55. The van der Waals surface area contributed by atoms with E-state index in [2.05, 4.69) is 23.0 Å². The lowest BCUT2D eigenvalue weighted by molar-refractivity contribution is 0.120. The molecule has 0 saturated carbocycles. The molecule has 0 radical (unpaired) electrons. The zero-order chi connectivity index (χ0) is 11.8. The van der Waals surface area contributed by atoms with Crippen LogP contribution in [0.25, 0.3) is 0 Å². The molecule has 1 rings (SSSR count). The first-order valence-corrected chi connectivity index (χ1v) is 5.66. The third kappa shape index (κ3) is 4.70. The molecule has 0 aromatic carbocycles. The van der Waals surface area contributed by atoms with Crippen LogP contribution in [0.3, 0.4) is 0 Å². The predicted octanol–water partition coefficient (Wildman–Crippen LogP) is 1.01. The van der Waals surface area contributed by atoms with Crippen LogP contribution >= 0.6 is 0 Å². The number of likely N-dealkylation sites (N-methyl/N-ethyl adjacent to an activating group) is 1. The lowest BCUT2D eigenvalue weighted by Gasteiger charge is -2.16. The second-order valence-corrected chi connectivity index (χ2v) is 3.79. The maximum atomic E-state index is 5.55. The smallest absolute Gasteiger partial charge is 0.0593 e. The third-order valence-electron chi connectivity index (χ3n) is 2.36. The Balaban J connectivity index is 2.39. The Bertz CT molecular complexity index is 304. The van der Waals surface area contributed by atoms with Gasteiger partial charge in [0.25, 0.3) is 0 Å². The quantitative estimate of drug-likeness (QED) is 0.701. The summed E-state index contributed by atoms with van der Waals surface area (Å²) in [5.41, 5.74) is 7.74. The molecule has 4 heteroatoms. The summed E-state index contributed by atoms with van der Waals surface area (Å²) in [4.78, 5) is 6.40. The van der Waals surface area contributed by atoms with Crippen molar-refractivity contribution in [3.63, 3.8) is 0 Å². The first kappa shape index (κ1) is 13.1. The summed E-state index contributed by atoms with van der Waals surface area (Å²) in [6.07, 6.45) is 1.81. The number of hydrogen-bond donors (Lipinski definition) is 1. The molecule has 90 valence electrons. The second-order valence-electron chi connectivity index (χ2n) is 3.79. The second kappa shape index (κ2) is 7.33. The zero-order valence-electron chi connectivity index (χ0n) is 10.1. The van der Waals surface area contributed by atoms with Crippen LogP contribution in [-0.4, -0.2) is 36.7 Å². The molecule has 0 aliphatic rings. The van der Waals surface area contributed by atoms with Gasteiger partial charge in [0.05, 0.1) is 12.3 Å². The minimum atomic E-state index is 0.497. The van der Waals surface area contributed by atoms with Crippen molar-refractivity contribution in [1.29, 1.82) is 0 Å². The van der Waals surface area contributed by atoms with E-state index >= 15 is 0 Å². The summed E-state index contributed by atoms with van der Waals surface area (Å²) >= 11 is 0. The van der Waals surface area contributed by atoms with Crippen molar-refractivity contribution in [3.05, 3.63) is 29.6 Å². The molecule has 1 heterocycles. The number of nitrogens with two attached hydrogens (primary N) is 1. The highest BCUT2D eigenvalue weighted by atomic mass is 16.5. The maximum Gasteiger partial charge on any atom is 0.0593 e. The number of nitrogens with zero attached hydrogens (tertiary/aromatic N) is 2. The highest BCUT2D eigenvalue weighted by Crippen LogP contribution is 2.04.